The molecule has 90 valence electrons. The van der Waals surface area contributed by atoms with Crippen LogP contribution < -0.4 is 10.6 Å². The van der Waals surface area contributed by atoms with Crippen LogP contribution in [0, 0.1) is 0 Å². The molecule has 0 spiro atoms. The SMILES string of the molecule is CC(C)OCCNC(=O)CNC(C)(C)C. The van der Waals surface area contributed by atoms with Gasteiger partial charge in [0, 0.05) is 12.1 Å². The maximum absolute atomic E-state index is 11.3. The van der Waals surface area contributed by atoms with Crippen LogP contribution in [0.2, 0.25) is 0 Å². The summed E-state index contributed by atoms with van der Waals surface area (Å²) in [5, 5.41) is 5.90. The van der Waals surface area contributed by atoms with E-state index in [4.69, 9.17) is 4.74 Å². The molecule has 2 N–H and O–H groups in total. The zero-order valence-electron chi connectivity index (χ0n) is 10.5. The van der Waals surface area contributed by atoms with E-state index in [1.165, 1.54) is 0 Å². The highest BCUT2D eigenvalue weighted by Gasteiger charge is 2.10. The van der Waals surface area contributed by atoms with Gasteiger partial charge in [-0.1, -0.05) is 0 Å². The average molecular weight is 216 g/mol. The van der Waals surface area contributed by atoms with Gasteiger partial charge < -0.3 is 15.4 Å². The zero-order valence-corrected chi connectivity index (χ0v) is 10.5. The summed E-state index contributed by atoms with van der Waals surface area (Å²) in [5.74, 6) is 0.0114. The first-order valence-corrected chi connectivity index (χ1v) is 5.44. The van der Waals surface area contributed by atoms with Crippen LogP contribution in [0.1, 0.15) is 34.6 Å². The summed E-state index contributed by atoms with van der Waals surface area (Å²) in [6.07, 6.45) is 0.217. The van der Waals surface area contributed by atoms with Gasteiger partial charge in [0.05, 0.1) is 19.3 Å². The fourth-order valence-corrected chi connectivity index (χ4v) is 0.893. The summed E-state index contributed by atoms with van der Waals surface area (Å²) >= 11 is 0. The van der Waals surface area contributed by atoms with Crippen molar-refractivity contribution in [1.29, 1.82) is 0 Å². The normalized spacial score (nSPS) is 11.9. The lowest BCUT2D eigenvalue weighted by Crippen LogP contribution is -2.43. The standard InChI is InChI=1S/C11H24N2O2/c1-9(2)15-7-6-12-10(14)8-13-11(3,4)5/h9,13H,6-8H2,1-5H3,(H,12,14). The van der Waals surface area contributed by atoms with Crippen molar-refractivity contribution < 1.29 is 9.53 Å². The number of hydrogen-bond acceptors (Lipinski definition) is 3. The van der Waals surface area contributed by atoms with E-state index >= 15 is 0 Å². The molecular weight excluding hydrogens is 192 g/mol. The van der Waals surface area contributed by atoms with Crippen LogP contribution in [0.15, 0.2) is 0 Å². The average Bonchev–Trinajstić information content (AvgIpc) is 2.07. The van der Waals surface area contributed by atoms with E-state index in [2.05, 4.69) is 10.6 Å². The Kier molecular flexibility index (Phi) is 6.52. The lowest BCUT2D eigenvalue weighted by molar-refractivity contribution is -0.120. The van der Waals surface area contributed by atoms with Crippen LogP contribution >= 0.6 is 0 Å². The largest absolute Gasteiger partial charge is 0.377 e. The maximum Gasteiger partial charge on any atom is 0.234 e. The third-order valence-corrected chi connectivity index (χ3v) is 1.65. The smallest absolute Gasteiger partial charge is 0.234 e. The first kappa shape index (κ1) is 14.4. The van der Waals surface area contributed by atoms with Gasteiger partial charge in [0.15, 0.2) is 0 Å². The molecular formula is C11H24N2O2. The van der Waals surface area contributed by atoms with Gasteiger partial charge in [0.25, 0.3) is 0 Å². The summed E-state index contributed by atoms with van der Waals surface area (Å²) in [4.78, 5) is 11.3. The van der Waals surface area contributed by atoms with Crippen molar-refractivity contribution >= 4 is 5.91 Å². The summed E-state index contributed by atoms with van der Waals surface area (Å²) < 4.78 is 5.30. The predicted octanol–water partition coefficient (Wildman–Crippen LogP) is 0.916. The Bertz CT molecular complexity index is 186. The number of nitrogens with one attached hydrogen (secondary N) is 2. The van der Waals surface area contributed by atoms with Gasteiger partial charge in [0.1, 0.15) is 0 Å². The van der Waals surface area contributed by atoms with Gasteiger partial charge in [-0.2, -0.15) is 0 Å². The molecule has 0 bridgehead atoms. The molecule has 4 nitrogen and oxygen atoms in total. The second-order valence-electron chi connectivity index (χ2n) is 4.87. The Morgan fingerprint density at radius 1 is 1.33 bits per heavy atom. The highest BCUT2D eigenvalue weighted by atomic mass is 16.5. The van der Waals surface area contributed by atoms with Crippen molar-refractivity contribution in [3.8, 4) is 0 Å². The Labute approximate surface area is 92.8 Å². The molecule has 0 saturated carbocycles. The number of amides is 1. The van der Waals surface area contributed by atoms with Crippen LogP contribution in [0.3, 0.4) is 0 Å². The second kappa shape index (κ2) is 6.80. The minimum Gasteiger partial charge on any atom is -0.377 e. The Balaban J connectivity index is 3.42. The second-order valence-corrected chi connectivity index (χ2v) is 4.87. The van der Waals surface area contributed by atoms with Crippen LogP contribution in [0.5, 0.6) is 0 Å². The van der Waals surface area contributed by atoms with Crippen molar-refractivity contribution in [2.75, 3.05) is 19.7 Å². The van der Waals surface area contributed by atoms with Crippen molar-refractivity contribution in [3.63, 3.8) is 0 Å². The number of carbonyl (C=O) groups excluding carboxylic acids is 1. The van der Waals surface area contributed by atoms with Gasteiger partial charge in [-0.25, -0.2) is 0 Å². The highest BCUT2D eigenvalue weighted by molar-refractivity contribution is 5.78. The molecule has 0 heterocycles. The van der Waals surface area contributed by atoms with Gasteiger partial charge >= 0.3 is 0 Å². The number of ether oxygens (including phenoxy) is 1. The molecule has 0 saturated heterocycles. The Hall–Kier alpha value is -0.610. The lowest BCUT2D eigenvalue weighted by Gasteiger charge is -2.20. The van der Waals surface area contributed by atoms with E-state index < -0.39 is 0 Å². The van der Waals surface area contributed by atoms with E-state index in [1.54, 1.807) is 0 Å². The van der Waals surface area contributed by atoms with E-state index in [0.717, 1.165) is 0 Å². The van der Waals surface area contributed by atoms with E-state index in [-0.39, 0.29) is 17.6 Å². The molecule has 1 amide bonds. The fraction of sp³-hybridized carbons (Fsp3) is 0.909. The summed E-state index contributed by atoms with van der Waals surface area (Å²) in [7, 11) is 0. The lowest BCUT2D eigenvalue weighted by atomic mass is 10.1. The van der Waals surface area contributed by atoms with E-state index in [0.29, 0.717) is 19.7 Å². The van der Waals surface area contributed by atoms with Crippen molar-refractivity contribution in [3.05, 3.63) is 0 Å². The van der Waals surface area contributed by atoms with Gasteiger partial charge in [-0.05, 0) is 34.6 Å². The van der Waals surface area contributed by atoms with Crippen molar-refractivity contribution in [2.45, 2.75) is 46.3 Å². The van der Waals surface area contributed by atoms with Crippen LogP contribution in [-0.4, -0.2) is 37.2 Å². The topological polar surface area (TPSA) is 50.4 Å². The van der Waals surface area contributed by atoms with Crippen LogP contribution in [0.25, 0.3) is 0 Å². The molecule has 0 unspecified atom stereocenters. The van der Waals surface area contributed by atoms with Crippen LogP contribution in [-0.2, 0) is 9.53 Å². The zero-order chi connectivity index (χ0) is 11.9. The van der Waals surface area contributed by atoms with E-state index in [1.807, 2.05) is 34.6 Å². The third kappa shape index (κ3) is 11.3. The molecule has 0 aliphatic heterocycles. The van der Waals surface area contributed by atoms with Crippen molar-refractivity contribution in [2.24, 2.45) is 0 Å². The highest BCUT2D eigenvalue weighted by Crippen LogP contribution is 1.96. The number of hydrogen-bond donors (Lipinski definition) is 2. The summed E-state index contributed by atoms with van der Waals surface area (Å²) in [6, 6.07) is 0. The minimum absolute atomic E-state index is 0.0114. The quantitative estimate of drug-likeness (QED) is 0.649. The number of rotatable bonds is 6. The Morgan fingerprint density at radius 2 is 1.93 bits per heavy atom. The molecule has 0 aliphatic carbocycles. The molecule has 0 aromatic carbocycles. The molecule has 0 atom stereocenters. The predicted molar refractivity (Wildman–Crippen MR) is 61.9 cm³/mol. The maximum atomic E-state index is 11.3. The molecule has 0 fully saturated rings. The molecule has 0 rings (SSSR count). The third-order valence-electron chi connectivity index (χ3n) is 1.65. The molecule has 0 radical (unpaired) electrons. The first-order valence-electron chi connectivity index (χ1n) is 5.44. The molecule has 0 aromatic rings. The van der Waals surface area contributed by atoms with Gasteiger partial charge in [-0.3, -0.25) is 4.79 Å². The monoisotopic (exact) mass is 216 g/mol. The fourth-order valence-electron chi connectivity index (χ4n) is 0.893. The summed E-state index contributed by atoms with van der Waals surface area (Å²) in [5.41, 5.74) is -0.0221. The van der Waals surface area contributed by atoms with Gasteiger partial charge in [-0.15, -0.1) is 0 Å². The molecule has 0 aliphatic rings. The van der Waals surface area contributed by atoms with E-state index in [9.17, 15) is 4.79 Å². The number of carbonyl (C=O) groups is 1. The van der Waals surface area contributed by atoms with Crippen molar-refractivity contribution in [1.82, 2.24) is 10.6 Å². The molecule has 0 aromatic heterocycles. The molecule has 4 heteroatoms. The van der Waals surface area contributed by atoms with Gasteiger partial charge in [0.2, 0.25) is 5.91 Å². The molecule has 15 heavy (non-hydrogen) atoms. The van der Waals surface area contributed by atoms with Crippen LogP contribution in [0.4, 0.5) is 0 Å². The Morgan fingerprint density at radius 3 is 2.40 bits per heavy atom. The minimum atomic E-state index is -0.0221. The first-order chi connectivity index (χ1) is 6.81. The summed E-state index contributed by atoms with van der Waals surface area (Å²) in [6.45, 7) is 11.5.